The zero-order chi connectivity index (χ0) is 9.84. The van der Waals surface area contributed by atoms with Gasteiger partial charge in [0.25, 0.3) is 0 Å². The molecule has 1 heterocycles. The maximum Gasteiger partial charge on any atom is 0.112 e. The van der Waals surface area contributed by atoms with Gasteiger partial charge in [-0.15, -0.1) is 0 Å². The fraction of sp³-hybridized carbons (Fsp3) is 0.889. The average Bonchev–Trinajstić information content (AvgIpc) is 2.09. The molecule has 0 aromatic carbocycles. The second kappa shape index (κ2) is 4.58. The molecule has 0 bridgehead atoms. The van der Waals surface area contributed by atoms with E-state index in [1.807, 2.05) is 6.92 Å². The first-order valence-corrected chi connectivity index (χ1v) is 4.83. The number of likely N-dealkylation sites (N-methyl/N-ethyl adjacent to an activating group) is 2. The third kappa shape index (κ3) is 2.67. The molecule has 0 spiro atoms. The number of amidine groups is 1. The lowest BCUT2D eigenvalue weighted by Crippen LogP contribution is -2.55. The Bertz CT molecular complexity index is 190. The van der Waals surface area contributed by atoms with Crippen molar-refractivity contribution < 1.29 is 0 Å². The Hall–Kier alpha value is -0.610. The summed E-state index contributed by atoms with van der Waals surface area (Å²) >= 11 is 0. The number of piperazine rings is 1. The van der Waals surface area contributed by atoms with E-state index in [0.717, 1.165) is 32.0 Å². The summed E-state index contributed by atoms with van der Waals surface area (Å²) in [4.78, 5) is 8.83. The minimum atomic E-state index is 0.304. The topological polar surface area (TPSA) is 44.9 Å². The maximum atomic E-state index is 5.89. The van der Waals surface area contributed by atoms with E-state index in [9.17, 15) is 0 Å². The maximum absolute atomic E-state index is 5.89. The van der Waals surface area contributed by atoms with E-state index in [1.54, 1.807) is 0 Å². The number of nitrogens with zero attached hydrogens (tertiary/aromatic N) is 3. The molecule has 1 fully saturated rings. The molecule has 13 heavy (non-hydrogen) atoms. The van der Waals surface area contributed by atoms with E-state index in [0.29, 0.717) is 6.04 Å². The van der Waals surface area contributed by atoms with Crippen molar-refractivity contribution >= 4 is 5.84 Å². The normalized spacial score (nSPS) is 27.9. The summed E-state index contributed by atoms with van der Waals surface area (Å²) in [5.74, 6) is 0.775. The lowest BCUT2D eigenvalue weighted by Gasteiger charge is -2.37. The summed E-state index contributed by atoms with van der Waals surface area (Å²) in [5.41, 5.74) is 5.89. The smallest absolute Gasteiger partial charge is 0.112 e. The van der Waals surface area contributed by atoms with Crippen LogP contribution in [0.1, 0.15) is 6.92 Å². The first-order chi connectivity index (χ1) is 6.15. The van der Waals surface area contributed by atoms with E-state index in [-0.39, 0.29) is 0 Å². The van der Waals surface area contributed by atoms with E-state index in [4.69, 9.17) is 5.73 Å². The standard InChI is InChI=1S/C9H20N4/c1-4-11-9(10)8-7-12(2)5-6-13(8)3/h8H,4-7H2,1-3H3,(H2,10,11). The molecule has 76 valence electrons. The summed E-state index contributed by atoms with van der Waals surface area (Å²) in [6.07, 6.45) is 0. The quantitative estimate of drug-likeness (QED) is 0.469. The van der Waals surface area contributed by atoms with Crippen LogP contribution in [0.15, 0.2) is 4.99 Å². The van der Waals surface area contributed by atoms with Gasteiger partial charge in [-0.3, -0.25) is 9.89 Å². The van der Waals surface area contributed by atoms with Crippen molar-refractivity contribution in [1.82, 2.24) is 9.80 Å². The molecule has 0 radical (unpaired) electrons. The van der Waals surface area contributed by atoms with Crippen molar-refractivity contribution in [2.75, 3.05) is 40.3 Å². The third-order valence-corrected chi connectivity index (χ3v) is 2.53. The predicted octanol–water partition coefficient (Wildman–Crippen LogP) is -0.391. The molecule has 0 amide bonds. The Balaban J connectivity index is 2.60. The lowest BCUT2D eigenvalue weighted by atomic mass is 10.1. The number of hydrogen-bond acceptors (Lipinski definition) is 3. The molecule has 2 N–H and O–H groups in total. The highest BCUT2D eigenvalue weighted by Crippen LogP contribution is 2.05. The van der Waals surface area contributed by atoms with Crippen molar-refractivity contribution in [3.8, 4) is 0 Å². The molecular formula is C9H20N4. The van der Waals surface area contributed by atoms with E-state index < -0.39 is 0 Å². The molecule has 1 atom stereocenters. The van der Waals surface area contributed by atoms with Crippen molar-refractivity contribution in [3.05, 3.63) is 0 Å². The Morgan fingerprint density at radius 1 is 1.46 bits per heavy atom. The van der Waals surface area contributed by atoms with E-state index in [1.165, 1.54) is 0 Å². The fourth-order valence-electron chi connectivity index (χ4n) is 1.62. The van der Waals surface area contributed by atoms with Crippen LogP contribution in [0.4, 0.5) is 0 Å². The monoisotopic (exact) mass is 184 g/mol. The molecule has 0 aliphatic carbocycles. The van der Waals surface area contributed by atoms with Gasteiger partial charge in [0.2, 0.25) is 0 Å². The minimum absolute atomic E-state index is 0.304. The summed E-state index contributed by atoms with van der Waals surface area (Å²) in [6.45, 7) is 5.97. The molecule has 1 aliphatic heterocycles. The molecule has 4 nitrogen and oxygen atoms in total. The largest absolute Gasteiger partial charge is 0.386 e. The highest BCUT2D eigenvalue weighted by molar-refractivity contribution is 5.86. The van der Waals surface area contributed by atoms with Crippen molar-refractivity contribution in [3.63, 3.8) is 0 Å². The van der Waals surface area contributed by atoms with Gasteiger partial charge in [0, 0.05) is 26.2 Å². The summed E-state index contributed by atoms with van der Waals surface area (Å²) in [6, 6.07) is 0.304. The van der Waals surface area contributed by atoms with Gasteiger partial charge in [-0.1, -0.05) is 0 Å². The predicted molar refractivity (Wildman–Crippen MR) is 56.1 cm³/mol. The molecular weight excluding hydrogens is 164 g/mol. The molecule has 0 saturated carbocycles. The van der Waals surface area contributed by atoms with Crippen LogP contribution in [-0.2, 0) is 0 Å². The van der Waals surface area contributed by atoms with Crippen LogP contribution in [0.3, 0.4) is 0 Å². The van der Waals surface area contributed by atoms with Crippen LogP contribution in [0.5, 0.6) is 0 Å². The molecule has 1 rings (SSSR count). The van der Waals surface area contributed by atoms with Crippen LogP contribution in [0.2, 0.25) is 0 Å². The van der Waals surface area contributed by atoms with Crippen molar-refractivity contribution in [2.45, 2.75) is 13.0 Å². The molecule has 0 aromatic rings. The summed E-state index contributed by atoms with van der Waals surface area (Å²) in [7, 11) is 4.23. The Kier molecular flexibility index (Phi) is 3.69. The highest BCUT2D eigenvalue weighted by Gasteiger charge is 2.24. The number of aliphatic imine (C=N–C) groups is 1. The van der Waals surface area contributed by atoms with E-state index in [2.05, 4.69) is 28.9 Å². The Labute approximate surface area is 80.4 Å². The Morgan fingerprint density at radius 2 is 2.15 bits per heavy atom. The van der Waals surface area contributed by atoms with Gasteiger partial charge >= 0.3 is 0 Å². The van der Waals surface area contributed by atoms with Crippen LogP contribution in [0, 0.1) is 0 Å². The number of rotatable bonds is 2. The molecule has 4 heteroatoms. The molecule has 1 saturated heterocycles. The zero-order valence-electron chi connectivity index (χ0n) is 8.82. The van der Waals surface area contributed by atoms with E-state index >= 15 is 0 Å². The van der Waals surface area contributed by atoms with Crippen LogP contribution < -0.4 is 5.73 Å². The van der Waals surface area contributed by atoms with Gasteiger partial charge in [0.15, 0.2) is 0 Å². The number of nitrogens with two attached hydrogens (primary N) is 1. The summed E-state index contributed by atoms with van der Waals surface area (Å²) in [5, 5.41) is 0. The summed E-state index contributed by atoms with van der Waals surface area (Å²) < 4.78 is 0. The van der Waals surface area contributed by atoms with Gasteiger partial charge in [0.05, 0.1) is 6.04 Å². The second-order valence-corrected chi connectivity index (χ2v) is 3.66. The van der Waals surface area contributed by atoms with Gasteiger partial charge in [-0.25, -0.2) is 0 Å². The van der Waals surface area contributed by atoms with Gasteiger partial charge in [-0.05, 0) is 21.0 Å². The third-order valence-electron chi connectivity index (χ3n) is 2.53. The van der Waals surface area contributed by atoms with Gasteiger partial charge < -0.3 is 10.6 Å². The second-order valence-electron chi connectivity index (χ2n) is 3.66. The lowest BCUT2D eigenvalue weighted by molar-refractivity contribution is 0.150. The van der Waals surface area contributed by atoms with Crippen LogP contribution >= 0.6 is 0 Å². The minimum Gasteiger partial charge on any atom is -0.386 e. The SMILES string of the molecule is CCN=C(N)C1CN(C)CCN1C. The van der Waals surface area contributed by atoms with Gasteiger partial charge in [-0.2, -0.15) is 0 Å². The average molecular weight is 184 g/mol. The van der Waals surface area contributed by atoms with Gasteiger partial charge in [0.1, 0.15) is 5.84 Å². The first kappa shape index (κ1) is 10.5. The van der Waals surface area contributed by atoms with Crippen molar-refractivity contribution in [1.29, 1.82) is 0 Å². The molecule has 0 aromatic heterocycles. The van der Waals surface area contributed by atoms with Crippen LogP contribution in [-0.4, -0.2) is 62.0 Å². The fourth-order valence-corrected chi connectivity index (χ4v) is 1.62. The number of hydrogen-bond donors (Lipinski definition) is 1. The van der Waals surface area contributed by atoms with Crippen LogP contribution in [0.25, 0.3) is 0 Å². The molecule has 1 aliphatic rings. The Morgan fingerprint density at radius 3 is 2.77 bits per heavy atom. The molecule has 1 unspecified atom stereocenters. The zero-order valence-corrected chi connectivity index (χ0v) is 8.82. The first-order valence-electron chi connectivity index (χ1n) is 4.83. The van der Waals surface area contributed by atoms with Crippen molar-refractivity contribution in [2.24, 2.45) is 10.7 Å². The highest BCUT2D eigenvalue weighted by atomic mass is 15.3.